The van der Waals surface area contributed by atoms with Gasteiger partial charge in [0.05, 0.1) is 5.41 Å². The first kappa shape index (κ1) is 14.6. The molecule has 1 fully saturated rings. The third kappa shape index (κ3) is 2.56. The van der Waals surface area contributed by atoms with E-state index in [1.807, 2.05) is 18.2 Å². The van der Waals surface area contributed by atoms with E-state index < -0.39 is 5.41 Å². The van der Waals surface area contributed by atoms with Gasteiger partial charge in [-0.2, -0.15) is 0 Å². The lowest BCUT2D eigenvalue weighted by Gasteiger charge is -2.41. The summed E-state index contributed by atoms with van der Waals surface area (Å²) in [5.74, 6) is -0.628. The van der Waals surface area contributed by atoms with E-state index in [-0.39, 0.29) is 11.7 Å². The summed E-state index contributed by atoms with van der Waals surface area (Å²) in [7, 11) is 0. The Morgan fingerprint density at radius 3 is 2.14 bits per heavy atom. The van der Waals surface area contributed by atoms with Gasteiger partial charge in [-0.1, -0.05) is 30.3 Å². The molecule has 0 aromatic heterocycles. The normalized spacial score (nSPS) is 17.2. The molecule has 4 heteroatoms. The minimum absolute atomic E-state index is 0.301. The summed E-state index contributed by atoms with van der Waals surface area (Å²) in [6.07, 6.45) is 1.28. The highest BCUT2D eigenvalue weighted by atomic mass is 19.1. The van der Waals surface area contributed by atoms with Crippen LogP contribution in [0.1, 0.15) is 18.4 Å². The van der Waals surface area contributed by atoms with Crippen molar-refractivity contribution < 1.29 is 9.18 Å². The number of piperidine rings is 1. The number of amides is 1. The number of carbonyl (C=O) groups excluding carboxylic acids is 1. The van der Waals surface area contributed by atoms with E-state index in [2.05, 4.69) is 17.0 Å². The average molecular weight is 298 g/mol. The fourth-order valence-electron chi connectivity index (χ4n) is 3.23. The highest BCUT2D eigenvalue weighted by molar-refractivity contribution is 5.87. The summed E-state index contributed by atoms with van der Waals surface area (Å²) < 4.78 is 13.1. The zero-order chi connectivity index (χ0) is 15.6. The molecule has 0 aliphatic carbocycles. The Balaban J connectivity index is 1.84. The number of hydrogen-bond acceptors (Lipinski definition) is 2. The van der Waals surface area contributed by atoms with Gasteiger partial charge in [0.25, 0.3) is 0 Å². The Morgan fingerprint density at radius 2 is 1.59 bits per heavy atom. The van der Waals surface area contributed by atoms with Crippen LogP contribution in [-0.2, 0) is 10.2 Å². The Bertz CT molecular complexity index is 647. The molecule has 3 nitrogen and oxygen atoms in total. The largest absolute Gasteiger partial charge is 0.371 e. The molecular weight excluding hydrogens is 279 g/mol. The van der Waals surface area contributed by atoms with Crippen molar-refractivity contribution in [1.82, 2.24) is 0 Å². The number of carbonyl (C=O) groups is 1. The van der Waals surface area contributed by atoms with Crippen LogP contribution in [0.4, 0.5) is 10.1 Å². The molecule has 114 valence electrons. The molecule has 2 aromatic carbocycles. The number of rotatable bonds is 3. The summed E-state index contributed by atoms with van der Waals surface area (Å²) in [5, 5.41) is 0. The Morgan fingerprint density at radius 1 is 1.00 bits per heavy atom. The minimum Gasteiger partial charge on any atom is -0.371 e. The van der Waals surface area contributed by atoms with Gasteiger partial charge in [-0.3, -0.25) is 4.79 Å². The Hall–Kier alpha value is -2.36. The molecule has 22 heavy (non-hydrogen) atoms. The summed E-state index contributed by atoms with van der Waals surface area (Å²) >= 11 is 0. The van der Waals surface area contributed by atoms with Crippen molar-refractivity contribution in [3.05, 3.63) is 66.0 Å². The van der Waals surface area contributed by atoms with Crippen LogP contribution in [0, 0.1) is 5.82 Å². The second-order valence-electron chi connectivity index (χ2n) is 5.78. The number of nitrogens with two attached hydrogens (primary N) is 1. The van der Waals surface area contributed by atoms with E-state index >= 15 is 0 Å². The zero-order valence-corrected chi connectivity index (χ0v) is 12.3. The average Bonchev–Trinajstić information content (AvgIpc) is 2.56. The van der Waals surface area contributed by atoms with E-state index in [0.717, 1.165) is 24.3 Å². The van der Waals surface area contributed by atoms with E-state index in [4.69, 9.17) is 5.73 Å². The van der Waals surface area contributed by atoms with Crippen molar-refractivity contribution in [2.75, 3.05) is 18.0 Å². The van der Waals surface area contributed by atoms with Crippen LogP contribution >= 0.6 is 0 Å². The predicted molar refractivity (Wildman–Crippen MR) is 85.2 cm³/mol. The van der Waals surface area contributed by atoms with Crippen LogP contribution in [0.3, 0.4) is 0 Å². The van der Waals surface area contributed by atoms with Gasteiger partial charge < -0.3 is 10.6 Å². The van der Waals surface area contributed by atoms with E-state index in [1.54, 1.807) is 12.1 Å². The first-order valence-electron chi connectivity index (χ1n) is 7.48. The van der Waals surface area contributed by atoms with Crippen LogP contribution in [-0.4, -0.2) is 19.0 Å². The summed E-state index contributed by atoms with van der Waals surface area (Å²) in [5.41, 5.74) is 6.98. The molecule has 0 radical (unpaired) electrons. The van der Waals surface area contributed by atoms with Crippen molar-refractivity contribution in [3.8, 4) is 0 Å². The van der Waals surface area contributed by atoms with Crippen LogP contribution < -0.4 is 10.6 Å². The van der Waals surface area contributed by atoms with Crippen LogP contribution in [0.5, 0.6) is 0 Å². The topological polar surface area (TPSA) is 46.3 Å². The lowest BCUT2D eigenvalue weighted by Crippen LogP contribution is -2.50. The van der Waals surface area contributed by atoms with Gasteiger partial charge in [-0.15, -0.1) is 0 Å². The van der Waals surface area contributed by atoms with Crippen LogP contribution in [0.2, 0.25) is 0 Å². The quantitative estimate of drug-likeness (QED) is 0.947. The molecule has 1 saturated heterocycles. The molecule has 1 heterocycles. The van der Waals surface area contributed by atoms with Gasteiger partial charge in [-0.05, 0) is 42.7 Å². The van der Waals surface area contributed by atoms with E-state index in [9.17, 15) is 9.18 Å². The van der Waals surface area contributed by atoms with Gasteiger partial charge >= 0.3 is 0 Å². The number of anilines is 1. The third-order valence-electron chi connectivity index (χ3n) is 4.61. The molecule has 1 aliphatic rings. The molecule has 2 aromatic rings. The third-order valence-corrected chi connectivity index (χ3v) is 4.61. The SMILES string of the molecule is NC(=O)C1(c2ccc(F)cc2)CCN(c2ccccc2)CC1. The highest BCUT2D eigenvalue weighted by Crippen LogP contribution is 2.36. The molecule has 2 N–H and O–H groups in total. The fourth-order valence-corrected chi connectivity index (χ4v) is 3.23. The van der Waals surface area contributed by atoms with Crippen molar-refractivity contribution >= 4 is 11.6 Å². The van der Waals surface area contributed by atoms with Gasteiger partial charge in [0.2, 0.25) is 5.91 Å². The standard InChI is InChI=1S/C18H19FN2O/c19-15-8-6-14(7-9-15)18(17(20)22)10-12-21(13-11-18)16-4-2-1-3-5-16/h1-9H,10-13H2,(H2,20,22). The van der Waals surface area contributed by atoms with Crippen molar-refractivity contribution in [3.63, 3.8) is 0 Å². The molecule has 3 rings (SSSR count). The second kappa shape index (κ2) is 5.79. The molecule has 0 spiro atoms. The summed E-state index contributed by atoms with van der Waals surface area (Å²) in [6.45, 7) is 1.51. The van der Waals surface area contributed by atoms with Crippen molar-refractivity contribution in [2.24, 2.45) is 5.73 Å². The van der Waals surface area contributed by atoms with Crippen molar-refractivity contribution in [1.29, 1.82) is 0 Å². The number of benzene rings is 2. The molecule has 0 saturated carbocycles. The van der Waals surface area contributed by atoms with Crippen LogP contribution in [0.25, 0.3) is 0 Å². The summed E-state index contributed by atoms with van der Waals surface area (Å²) in [6, 6.07) is 16.3. The molecule has 1 aliphatic heterocycles. The van der Waals surface area contributed by atoms with E-state index in [1.165, 1.54) is 12.1 Å². The Labute approximate surface area is 129 Å². The smallest absolute Gasteiger partial charge is 0.228 e. The van der Waals surface area contributed by atoms with Gasteiger partial charge in [0, 0.05) is 18.8 Å². The molecule has 0 bridgehead atoms. The number of halogens is 1. The molecular formula is C18H19FN2O. The Kier molecular flexibility index (Phi) is 3.84. The maximum absolute atomic E-state index is 13.1. The molecule has 0 unspecified atom stereocenters. The fraction of sp³-hybridized carbons (Fsp3) is 0.278. The van der Waals surface area contributed by atoms with Gasteiger partial charge in [0.1, 0.15) is 5.82 Å². The van der Waals surface area contributed by atoms with E-state index in [0.29, 0.717) is 12.8 Å². The zero-order valence-electron chi connectivity index (χ0n) is 12.3. The number of hydrogen-bond donors (Lipinski definition) is 1. The van der Waals surface area contributed by atoms with Crippen molar-refractivity contribution in [2.45, 2.75) is 18.3 Å². The predicted octanol–water partition coefficient (Wildman–Crippen LogP) is 2.85. The first-order valence-corrected chi connectivity index (χ1v) is 7.48. The monoisotopic (exact) mass is 298 g/mol. The van der Waals surface area contributed by atoms with Crippen LogP contribution in [0.15, 0.2) is 54.6 Å². The minimum atomic E-state index is -0.695. The first-order chi connectivity index (χ1) is 10.6. The lowest BCUT2D eigenvalue weighted by molar-refractivity contribution is -0.124. The maximum Gasteiger partial charge on any atom is 0.228 e. The molecule has 0 atom stereocenters. The second-order valence-corrected chi connectivity index (χ2v) is 5.78. The maximum atomic E-state index is 13.1. The number of nitrogens with zero attached hydrogens (tertiary/aromatic N) is 1. The molecule has 1 amide bonds. The van der Waals surface area contributed by atoms with Gasteiger partial charge in [-0.25, -0.2) is 4.39 Å². The number of primary amides is 1. The van der Waals surface area contributed by atoms with Gasteiger partial charge in [0.15, 0.2) is 0 Å². The highest BCUT2D eigenvalue weighted by Gasteiger charge is 2.41. The lowest BCUT2D eigenvalue weighted by atomic mass is 9.72. The number of para-hydroxylation sites is 1. The summed E-state index contributed by atoms with van der Waals surface area (Å²) in [4.78, 5) is 14.4.